The number of aryl methyl sites for hydroxylation is 1. The Balaban J connectivity index is 2.49. The van der Waals surface area contributed by atoms with Crippen LogP contribution in [-0.2, 0) is 0 Å². The topological polar surface area (TPSA) is 38.1 Å². The fourth-order valence-corrected chi connectivity index (χ4v) is 2.85. The third kappa shape index (κ3) is 2.86. The van der Waals surface area contributed by atoms with Gasteiger partial charge in [0.15, 0.2) is 0 Å². The van der Waals surface area contributed by atoms with Gasteiger partial charge >= 0.3 is 0 Å². The van der Waals surface area contributed by atoms with Gasteiger partial charge in [-0.2, -0.15) is 5.10 Å². The van der Waals surface area contributed by atoms with Crippen molar-refractivity contribution in [3.05, 3.63) is 50.7 Å². The van der Waals surface area contributed by atoms with E-state index in [2.05, 4.69) is 21.0 Å². The Hall–Kier alpha value is -0.840. The molecule has 0 amide bonds. The van der Waals surface area contributed by atoms with Gasteiger partial charge in [0, 0.05) is 16.6 Å². The highest BCUT2D eigenvalue weighted by Crippen LogP contribution is 2.33. The van der Waals surface area contributed by atoms with Crippen molar-refractivity contribution < 1.29 is 5.11 Å². The van der Waals surface area contributed by atoms with E-state index in [9.17, 15) is 5.11 Å². The Morgan fingerprint density at radius 1 is 1.37 bits per heavy atom. The number of aromatic nitrogens is 2. The highest BCUT2D eigenvalue weighted by molar-refractivity contribution is 9.10. The molecule has 0 bridgehead atoms. The van der Waals surface area contributed by atoms with Crippen molar-refractivity contribution in [2.45, 2.75) is 32.9 Å². The molecule has 2 rings (SSSR count). The lowest BCUT2D eigenvalue weighted by molar-refractivity contribution is 0.204. The van der Waals surface area contributed by atoms with Crippen molar-refractivity contribution in [3.8, 4) is 0 Å². The van der Waals surface area contributed by atoms with Gasteiger partial charge in [0.25, 0.3) is 0 Å². The lowest BCUT2D eigenvalue weighted by Crippen LogP contribution is -2.13. The highest BCUT2D eigenvalue weighted by atomic mass is 79.9. The van der Waals surface area contributed by atoms with Crippen molar-refractivity contribution in [1.82, 2.24) is 9.78 Å². The molecule has 1 aromatic carbocycles. The zero-order valence-electron chi connectivity index (χ0n) is 11.1. The van der Waals surface area contributed by atoms with Gasteiger partial charge in [-0.15, -0.1) is 0 Å². The Morgan fingerprint density at radius 3 is 2.63 bits per heavy atom. The van der Waals surface area contributed by atoms with E-state index in [4.69, 9.17) is 11.6 Å². The fraction of sp³-hybridized carbons (Fsp3) is 0.357. The first-order valence-corrected chi connectivity index (χ1v) is 7.26. The number of aliphatic hydroxyl groups is 1. The van der Waals surface area contributed by atoms with Crippen molar-refractivity contribution in [3.63, 3.8) is 0 Å². The monoisotopic (exact) mass is 342 g/mol. The number of hydrogen-bond acceptors (Lipinski definition) is 2. The first-order valence-electron chi connectivity index (χ1n) is 6.08. The van der Waals surface area contributed by atoms with Gasteiger partial charge in [0.05, 0.1) is 16.4 Å². The number of rotatable bonds is 3. The third-order valence-corrected chi connectivity index (χ3v) is 3.92. The molecule has 1 heterocycles. The van der Waals surface area contributed by atoms with E-state index in [1.54, 1.807) is 10.9 Å². The normalized spacial score (nSPS) is 13.0. The molecule has 0 fully saturated rings. The average Bonchev–Trinajstić information content (AvgIpc) is 2.70. The van der Waals surface area contributed by atoms with Crippen molar-refractivity contribution in [1.29, 1.82) is 0 Å². The third-order valence-electron chi connectivity index (χ3n) is 2.99. The standard InChI is InChI=1S/C14H16BrClN2O/c1-8(2)18-13(11(15)7-17-18)14(19)10-5-4-9(3)6-12(10)16/h4-8,14,19H,1-3H3. The molecule has 19 heavy (non-hydrogen) atoms. The Morgan fingerprint density at radius 2 is 2.05 bits per heavy atom. The minimum atomic E-state index is -0.799. The van der Waals surface area contributed by atoms with Gasteiger partial charge in [-0.25, -0.2) is 0 Å². The molecule has 0 saturated heterocycles. The first kappa shape index (κ1) is 14.6. The van der Waals surface area contributed by atoms with Crippen LogP contribution >= 0.6 is 27.5 Å². The second-order valence-electron chi connectivity index (χ2n) is 4.84. The molecular weight excluding hydrogens is 328 g/mol. The number of aliphatic hydroxyl groups excluding tert-OH is 1. The molecule has 0 saturated carbocycles. The molecule has 3 nitrogen and oxygen atoms in total. The second-order valence-corrected chi connectivity index (χ2v) is 6.11. The molecule has 1 unspecified atom stereocenters. The first-order chi connectivity index (χ1) is 8.91. The smallest absolute Gasteiger partial charge is 0.123 e. The summed E-state index contributed by atoms with van der Waals surface area (Å²) in [5.41, 5.74) is 2.48. The van der Waals surface area contributed by atoms with Crippen LogP contribution < -0.4 is 0 Å². The molecule has 0 aliphatic rings. The SMILES string of the molecule is Cc1ccc(C(O)c2c(Br)cnn2C(C)C)c(Cl)c1. The number of benzene rings is 1. The fourth-order valence-electron chi connectivity index (χ4n) is 2.02. The molecule has 0 radical (unpaired) electrons. The van der Waals surface area contributed by atoms with Gasteiger partial charge in [-0.3, -0.25) is 4.68 Å². The summed E-state index contributed by atoms with van der Waals surface area (Å²) in [7, 11) is 0. The lowest BCUT2D eigenvalue weighted by Gasteiger charge is -2.18. The molecule has 1 N–H and O–H groups in total. The number of hydrogen-bond donors (Lipinski definition) is 1. The van der Waals surface area contributed by atoms with Gasteiger partial charge in [0.1, 0.15) is 6.10 Å². The van der Waals surface area contributed by atoms with Crippen LogP contribution in [0.2, 0.25) is 5.02 Å². The van der Waals surface area contributed by atoms with Gasteiger partial charge < -0.3 is 5.11 Å². The maximum atomic E-state index is 10.6. The van der Waals surface area contributed by atoms with Crippen molar-refractivity contribution in [2.24, 2.45) is 0 Å². The molecule has 0 spiro atoms. The summed E-state index contributed by atoms with van der Waals surface area (Å²) in [6.07, 6.45) is 0.896. The van der Waals surface area contributed by atoms with E-state index in [1.807, 2.05) is 39.0 Å². The summed E-state index contributed by atoms with van der Waals surface area (Å²) in [5, 5.41) is 15.4. The minimum absolute atomic E-state index is 0.167. The van der Waals surface area contributed by atoms with Gasteiger partial charge in [-0.05, 0) is 48.3 Å². The molecule has 0 aliphatic heterocycles. The molecule has 1 aromatic heterocycles. The molecule has 1 atom stereocenters. The molecule has 102 valence electrons. The highest BCUT2D eigenvalue weighted by Gasteiger charge is 2.22. The minimum Gasteiger partial charge on any atom is -0.382 e. The summed E-state index contributed by atoms with van der Waals surface area (Å²) in [6.45, 7) is 6.01. The van der Waals surface area contributed by atoms with E-state index in [0.717, 1.165) is 15.7 Å². The van der Waals surface area contributed by atoms with E-state index >= 15 is 0 Å². The number of halogens is 2. The maximum Gasteiger partial charge on any atom is 0.123 e. The van der Waals surface area contributed by atoms with E-state index in [0.29, 0.717) is 10.6 Å². The average molecular weight is 344 g/mol. The molecule has 5 heteroatoms. The Bertz CT molecular complexity index is 595. The van der Waals surface area contributed by atoms with Crippen LogP contribution in [0.15, 0.2) is 28.9 Å². The van der Waals surface area contributed by atoms with Crippen LogP contribution in [0.5, 0.6) is 0 Å². The summed E-state index contributed by atoms with van der Waals surface area (Å²) in [6, 6.07) is 5.81. The number of nitrogens with zero attached hydrogens (tertiary/aromatic N) is 2. The van der Waals surface area contributed by atoms with Crippen LogP contribution in [0.25, 0.3) is 0 Å². The largest absolute Gasteiger partial charge is 0.382 e. The van der Waals surface area contributed by atoms with Crippen molar-refractivity contribution in [2.75, 3.05) is 0 Å². The zero-order valence-corrected chi connectivity index (χ0v) is 13.4. The van der Waals surface area contributed by atoms with E-state index in [-0.39, 0.29) is 6.04 Å². The van der Waals surface area contributed by atoms with Gasteiger partial charge in [-0.1, -0.05) is 23.7 Å². The quantitative estimate of drug-likeness (QED) is 0.903. The summed E-state index contributed by atoms with van der Waals surface area (Å²) in [4.78, 5) is 0. The predicted molar refractivity (Wildman–Crippen MR) is 80.6 cm³/mol. The Labute approximate surface area is 126 Å². The van der Waals surface area contributed by atoms with Gasteiger partial charge in [0.2, 0.25) is 0 Å². The summed E-state index contributed by atoms with van der Waals surface area (Å²) in [5.74, 6) is 0. The predicted octanol–water partition coefficient (Wildman–Crippen LogP) is 4.27. The summed E-state index contributed by atoms with van der Waals surface area (Å²) >= 11 is 9.66. The lowest BCUT2D eigenvalue weighted by atomic mass is 10.0. The van der Waals surface area contributed by atoms with E-state index < -0.39 is 6.10 Å². The van der Waals surface area contributed by atoms with Crippen molar-refractivity contribution >= 4 is 27.5 Å². The molecular formula is C14H16BrClN2O. The van der Waals surface area contributed by atoms with Crippen LogP contribution in [0.3, 0.4) is 0 Å². The molecule has 2 aromatic rings. The zero-order chi connectivity index (χ0) is 14.2. The van der Waals surface area contributed by atoms with Crippen LogP contribution in [-0.4, -0.2) is 14.9 Å². The van der Waals surface area contributed by atoms with Crippen LogP contribution in [0, 0.1) is 6.92 Å². The van der Waals surface area contributed by atoms with E-state index in [1.165, 1.54) is 0 Å². The summed E-state index contributed by atoms with van der Waals surface area (Å²) < 4.78 is 2.58. The van der Waals surface area contributed by atoms with Crippen LogP contribution in [0.1, 0.15) is 42.8 Å². The second kappa shape index (κ2) is 5.65. The van der Waals surface area contributed by atoms with Crippen LogP contribution in [0.4, 0.5) is 0 Å². The molecule has 0 aliphatic carbocycles. The Kier molecular flexibility index (Phi) is 4.33. The maximum absolute atomic E-state index is 10.6.